The molecule has 1 N–H and O–H groups in total. The van der Waals surface area contributed by atoms with Crippen molar-refractivity contribution in [1.82, 2.24) is 5.32 Å². The Kier molecular flexibility index (Phi) is 6.70. The van der Waals surface area contributed by atoms with Crippen LogP contribution in [0.2, 0.25) is 0 Å². The number of rotatable bonds is 6. The lowest BCUT2D eigenvalue weighted by Gasteiger charge is -2.27. The van der Waals surface area contributed by atoms with Crippen LogP contribution in [0.25, 0.3) is 0 Å². The smallest absolute Gasteiger partial charge is 0.0534 e. The molecule has 0 radical (unpaired) electrons. The van der Waals surface area contributed by atoms with E-state index < -0.39 is 0 Å². The summed E-state index contributed by atoms with van der Waals surface area (Å²) < 4.78 is 0. The second-order valence-electron chi connectivity index (χ2n) is 4.38. The summed E-state index contributed by atoms with van der Waals surface area (Å²) in [5, 5.41) is 5.23. The third kappa shape index (κ3) is 5.26. The molecule has 14 heavy (non-hydrogen) atoms. The maximum absolute atomic E-state index is 3.60. The third-order valence-electron chi connectivity index (χ3n) is 2.89. The first-order valence-corrected chi connectivity index (χ1v) is 7.16. The molecule has 0 aliphatic carbocycles. The van der Waals surface area contributed by atoms with E-state index in [1.165, 1.54) is 51.5 Å². The summed E-state index contributed by atoms with van der Waals surface area (Å²) in [7, 11) is 0. The monoisotopic (exact) mass is 215 g/mol. The maximum Gasteiger partial charge on any atom is 0.0534 e. The van der Waals surface area contributed by atoms with Crippen LogP contribution in [-0.2, 0) is 0 Å². The van der Waals surface area contributed by atoms with Crippen molar-refractivity contribution in [2.24, 2.45) is 0 Å². The van der Waals surface area contributed by atoms with E-state index in [0.29, 0.717) is 0 Å². The fourth-order valence-corrected chi connectivity index (χ4v) is 3.28. The van der Waals surface area contributed by atoms with E-state index in [4.69, 9.17) is 0 Å². The molecule has 0 spiro atoms. The molecule has 0 bridgehead atoms. The van der Waals surface area contributed by atoms with Crippen LogP contribution in [0.5, 0.6) is 0 Å². The van der Waals surface area contributed by atoms with Crippen molar-refractivity contribution >= 4 is 11.8 Å². The average molecular weight is 215 g/mol. The van der Waals surface area contributed by atoms with Gasteiger partial charge in [0.15, 0.2) is 0 Å². The highest BCUT2D eigenvalue weighted by Gasteiger charge is 2.17. The van der Waals surface area contributed by atoms with Gasteiger partial charge < -0.3 is 5.32 Å². The molecule has 1 nitrogen and oxygen atoms in total. The van der Waals surface area contributed by atoms with Gasteiger partial charge >= 0.3 is 0 Å². The highest BCUT2D eigenvalue weighted by molar-refractivity contribution is 8.00. The van der Waals surface area contributed by atoms with Crippen LogP contribution in [-0.4, -0.2) is 17.2 Å². The van der Waals surface area contributed by atoms with E-state index >= 15 is 0 Å². The predicted octanol–water partition coefficient (Wildman–Crippen LogP) is 3.79. The number of nitrogens with one attached hydrogen (secondary N) is 1. The standard InChI is InChI=1S/C12H25NS/c1-3-4-5-6-7-8-12-13-10-9-11(2)14-12/h11-13H,3-10H2,1-2H3. The number of hydrogen-bond donors (Lipinski definition) is 1. The number of unbranched alkanes of at least 4 members (excludes halogenated alkanes) is 4. The molecule has 1 heterocycles. The lowest BCUT2D eigenvalue weighted by Crippen LogP contribution is -2.34. The average Bonchev–Trinajstić information content (AvgIpc) is 2.18. The van der Waals surface area contributed by atoms with Crippen LogP contribution in [0, 0.1) is 0 Å². The van der Waals surface area contributed by atoms with Gasteiger partial charge in [0.05, 0.1) is 5.37 Å². The molecule has 1 saturated heterocycles. The van der Waals surface area contributed by atoms with E-state index in [-0.39, 0.29) is 0 Å². The first-order chi connectivity index (χ1) is 6.83. The first kappa shape index (κ1) is 12.4. The number of thioether (sulfide) groups is 1. The van der Waals surface area contributed by atoms with Crippen LogP contribution in [0.15, 0.2) is 0 Å². The van der Waals surface area contributed by atoms with Crippen molar-refractivity contribution < 1.29 is 0 Å². The lowest BCUT2D eigenvalue weighted by atomic mass is 10.1. The van der Waals surface area contributed by atoms with Gasteiger partial charge in [-0.1, -0.05) is 46.0 Å². The molecule has 0 saturated carbocycles. The molecule has 2 unspecified atom stereocenters. The van der Waals surface area contributed by atoms with Gasteiger partial charge in [0.1, 0.15) is 0 Å². The minimum Gasteiger partial charge on any atom is -0.305 e. The molecule has 1 rings (SSSR count). The third-order valence-corrected chi connectivity index (χ3v) is 4.32. The van der Waals surface area contributed by atoms with E-state index in [9.17, 15) is 0 Å². The molecule has 2 heteroatoms. The fourth-order valence-electron chi connectivity index (χ4n) is 1.95. The summed E-state index contributed by atoms with van der Waals surface area (Å²) in [4.78, 5) is 0. The zero-order valence-corrected chi connectivity index (χ0v) is 10.5. The second-order valence-corrected chi connectivity index (χ2v) is 6.03. The molecule has 84 valence electrons. The van der Waals surface area contributed by atoms with E-state index in [2.05, 4.69) is 30.9 Å². The Balaban J connectivity index is 1.95. The molecule has 0 aromatic carbocycles. The van der Waals surface area contributed by atoms with E-state index in [0.717, 1.165) is 10.6 Å². The Hall–Kier alpha value is 0.310. The SMILES string of the molecule is CCCCCCCC1NCCC(C)S1. The van der Waals surface area contributed by atoms with Gasteiger partial charge in [0, 0.05) is 5.25 Å². The van der Waals surface area contributed by atoms with Gasteiger partial charge in [-0.2, -0.15) is 0 Å². The Labute approximate surface area is 93.4 Å². The maximum atomic E-state index is 3.60. The Bertz CT molecular complexity index is 138. The summed E-state index contributed by atoms with van der Waals surface area (Å²) in [5.41, 5.74) is 0. The topological polar surface area (TPSA) is 12.0 Å². The van der Waals surface area contributed by atoms with Gasteiger partial charge in [0.2, 0.25) is 0 Å². The quantitative estimate of drug-likeness (QED) is 0.677. The molecule has 2 atom stereocenters. The summed E-state index contributed by atoms with van der Waals surface area (Å²) in [6.07, 6.45) is 9.77. The van der Waals surface area contributed by atoms with Crippen LogP contribution < -0.4 is 5.32 Å². The summed E-state index contributed by atoms with van der Waals surface area (Å²) in [6, 6.07) is 0. The minimum absolute atomic E-state index is 0.750. The first-order valence-electron chi connectivity index (χ1n) is 6.21. The van der Waals surface area contributed by atoms with Gasteiger partial charge in [-0.15, -0.1) is 11.8 Å². The second kappa shape index (κ2) is 7.58. The van der Waals surface area contributed by atoms with Crippen molar-refractivity contribution in [1.29, 1.82) is 0 Å². The highest BCUT2D eigenvalue weighted by Crippen LogP contribution is 2.26. The molecule has 1 fully saturated rings. The molecular formula is C12H25NS. The summed E-state index contributed by atoms with van der Waals surface area (Å²) in [5.74, 6) is 0. The van der Waals surface area contributed by atoms with Crippen molar-refractivity contribution in [3.63, 3.8) is 0 Å². The van der Waals surface area contributed by atoms with Crippen molar-refractivity contribution in [3.8, 4) is 0 Å². The molecule has 0 amide bonds. The van der Waals surface area contributed by atoms with Gasteiger partial charge in [-0.3, -0.25) is 0 Å². The predicted molar refractivity (Wildman–Crippen MR) is 66.8 cm³/mol. The fraction of sp³-hybridized carbons (Fsp3) is 1.00. The zero-order valence-electron chi connectivity index (χ0n) is 9.72. The van der Waals surface area contributed by atoms with Crippen LogP contribution in [0.1, 0.15) is 58.8 Å². The van der Waals surface area contributed by atoms with Gasteiger partial charge in [-0.25, -0.2) is 0 Å². The Morgan fingerprint density at radius 3 is 2.71 bits per heavy atom. The molecule has 1 aliphatic heterocycles. The molecular weight excluding hydrogens is 190 g/mol. The minimum atomic E-state index is 0.750. The normalized spacial score (nSPS) is 27.9. The largest absolute Gasteiger partial charge is 0.305 e. The summed E-state index contributed by atoms with van der Waals surface area (Å²) >= 11 is 2.14. The van der Waals surface area contributed by atoms with Gasteiger partial charge in [0.25, 0.3) is 0 Å². The van der Waals surface area contributed by atoms with E-state index in [1.807, 2.05) is 0 Å². The Morgan fingerprint density at radius 2 is 2.00 bits per heavy atom. The zero-order chi connectivity index (χ0) is 10.2. The van der Waals surface area contributed by atoms with Crippen LogP contribution in [0.4, 0.5) is 0 Å². The molecule has 0 aromatic heterocycles. The van der Waals surface area contributed by atoms with E-state index in [1.54, 1.807) is 0 Å². The van der Waals surface area contributed by atoms with Crippen molar-refractivity contribution in [2.75, 3.05) is 6.54 Å². The number of hydrogen-bond acceptors (Lipinski definition) is 2. The van der Waals surface area contributed by atoms with Crippen LogP contribution in [0.3, 0.4) is 0 Å². The molecule has 1 aliphatic rings. The Morgan fingerprint density at radius 1 is 1.21 bits per heavy atom. The highest BCUT2D eigenvalue weighted by atomic mass is 32.2. The molecule has 0 aromatic rings. The summed E-state index contributed by atoms with van der Waals surface area (Å²) in [6.45, 7) is 5.86. The van der Waals surface area contributed by atoms with Gasteiger partial charge in [-0.05, 0) is 19.4 Å². The van der Waals surface area contributed by atoms with Crippen molar-refractivity contribution in [2.45, 2.75) is 69.4 Å². The van der Waals surface area contributed by atoms with Crippen molar-refractivity contribution in [3.05, 3.63) is 0 Å². The van der Waals surface area contributed by atoms with Crippen LogP contribution >= 0.6 is 11.8 Å². The lowest BCUT2D eigenvalue weighted by molar-refractivity contribution is 0.524.